The summed E-state index contributed by atoms with van der Waals surface area (Å²) in [5.41, 5.74) is 5.40. The van der Waals surface area contributed by atoms with Gasteiger partial charge in [0.1, 0.15) is 5.82 Å². The Morgan fingerprint density at radius 2 is 1.88 bits per heavy atom. The van der Waals surface area contributed by atoms with Gasteiger partial charge in [0.2, 0.25) is 0 Å². The average molecular weight is 327 g/mol. The fraction of sp³-hybridized carbons (Fsp3) is 0.688. The Labute approximate surface area is 142 Å². The standard InChI is InChI=1S/C16H22BN5O2/c1-14(2)15(3,4)24-17(23-14)12-10-22(21-13(12)20)16(5-6-18)7-11(8-16)9-19/h10-11H,5,7-8H2,1-4H3,(H2,20,21)/t11-,16+. The summed E-state index contributed by atoms with van der Waals surface area (Å²) in [6.45, 7) is 7.92. The van der Waals surface area contributed by atoms with Crippen LogP contribution in [0.15, 0.2) is 6.20 Å². The number of hydrogen-bond acceptors (Lipinski definition) is 6. The van der Waals surface area contributed by atoms with E-state index in [4.69, 9.17) is 25.6 Å². The first kappa shape index (κ1) is 16.8. The van der Waals surface area contributed by atoms with Crippen LogP contribution in [-0.2, 0) is 14.8 Å². The monoisotopic (exact) mass is 327 g/mol. The maximum atomic E-state index is 9.16. The van der Waals surface area contributed by atoms with Crippen molar-refractivity contribution in [3.05, 3.63) is 6.20 Å². The quantitative estimate of drug-likeness (QED) is 0.838. The summed E-state index contributed by atoms with van der Waals surface area (Å²) in [6, 6.07) is 4.46. The molecule has 126 valence electrons. The third-order valence-electron chi connectivity index (χ3n) is 5.61. The maximum absolute atomic E-state index is 9.16. The number of aromatic nitrogens is 2. The van der Waals surface area contributed by atoms with Gasteiger partial charge in [0, 0.05) is 11.7 Å². The van der Waals surface area contributed by atoms with Crippen LogP contribution in [-0.4, -0.2) is 28.1 Å². The summed E-state index contributed by atoms with van der Waals surface area (Å²) in [4.78, 5) is 0. The lowest BCUT2D eigenvalue weighted by Crippen LogP contribution is -2.46. The van der Waals surface area contributed by atoms with Crippen molar-refractivity contribution in [2.45, 2.75) is 63.7 Å². The first-order chi connectivity index (χ1) is 11.1. The first-order valence-electron chi connectivity index (χ1n) is 8.12. The largest absolute Gasteiger partial charge is 0.500 e. The van der Waals surface area contributed by atoms with Crippen molar-refractivity contribution in [1.82, 2.24) is 9.78 Å². The van der Waals surface area contributed by atoms with Crippen molar-refractivity contribution >= 4 is 18.4 Å². The molecule has 8 heteroatoms. The van der Waals surface area contributed by atoms with Crippen molar-refractivity contribution in [3.63, 3.8) is 0 Å². The van der Waals surface area contributed by atoms with Gasteiger partial charge in [0.25, 0.3) is 0 Å². The van der Waals surface area contributed by atoms with Crippen LogP contribution in [0.3, 0.4) is 0 Å². The summed E-state index contributed by atoms with van der Waals surface area (Å²) in [6.07, 6.45) is 3.33. The SMILES string of the molecule is CC1(C)OB(c2cn([C@]3(CC#N)C[C@H](C#N)C3)nc2N)OC1(C)C. The van der Waals surface area contributed by atoms with E-state index in [0.717, 1.165) is 0 Å². The zero-order chi connectivity index (χ0) is 17.8. The second-order valence-electron chi connectivity index (χ2n) is 7.80. The third-order valence-corrected chi connectivity index (χ3v) is 5.61. The molecule has 1 aromatic heterocycles. The minimum atomic E-state index is -0.588. The van der Waals surface area contributed by atoms with Crippen LogP contribution in [0.4, 0.5) is 5.82 Å². The molecule has 2 aliphatic rings. The molecule has 1 aliphatic heterocycles. The van der Waals surface area contributed by atoms with Crippen LogP contribution in [0, 0.1) is 28.6 Å². The highest BCUT2D eigenvalue weighted by atomic mass is 16.7. The van der Waals surface area contributed by atoms with Crippen LogP contribution in [0.2, 0.25) is 0 Å². The molecule has 1 saturated carbocycles. The zero-order valence-electron chi connectivity index (χ0n) is 14.5. The Balaban J connectivity index is 1.89. The van der Waals surface area contributed by atoms with Gasteiger partial charge in [0.05, 0.1) is 41.2 Å². The Kier molecular flexibility index (Phi) is 3.67. The topological polar surface area (TPSA) is 110 Å². The highest BCUT2D eigenvalue weighted by Gasteiger charge is 2.54. The zero-order valence-corrected chi connectivity index (χ0v) is 14.5. The van der Waals surface area contributed by atoms with E-state index in [1.807, 2.05) is 33.9 Å². The molecule has 2 heterocycles. The molecule has 2 fully saturated rings. The molecule has 0 amide bonds. The fourth-order valence-electron chi connectivity index (χ4n) is 3.30. The second kappa shape index (κ2) is 5.24. The molecule has 1 saturated heterocycles. The first-order valence-corrected chi connectivity index (χ1v) is 8.12. The predicted molar refractivity (Wildman–Crippen MR) is 88.9 cm³/mol. The number of rotatable bonds is 3. The normalized spacial score (nSPS) is 30.4. The van der Waals surface area contributed by atoms with E-state index in [0.29, 0.717) is 30.5 Å². The molecule has 1 aromatic rings. The minimum Gasteiger partial charge on any atom is -0.399 e. The van der Waals surface area contributed by atoms with Crippen LogP contribution >= 0.6 is 0 Å². The Bertz CT molecular complexity index is 721. The van der Waals surface area contributed by atoms with E-state index in [1.165, 1.54) is 0 Å². The minimum absolute atomic E-state index is 0.0379. The molecular formula is C16H22BN5O2. The van der Waals surface area contributed by atoms with Gasteiger partial charge in [-0.05, 0) is 40.5 Å². The number of nitriles is 2. The van der Waals surface area contributed by atoms with Gasteiger partial charge in [-0.25, -0.2) is 0 Å². The van der Waals surface area contributed by atoms with Gasteiger partial charge in [-0.15, -0.1) is 0 Å². The number of nitrogens with two attached hydrogens (primary N) is 1. The van der Waals surface area contributed by atoms with E-state index in [1.54, 1.807) is 4.68 Å². The van der Waals surface area contributed by atoms with E-state index >= 15 is 0 Å². The number of nitrogen functional groups attached to an aromatic ring is 1. The molecule has 0 atom stereocenters. The highest BCUT2D eigenvalue weighted by Crippen LogP contribution is 2.46. The lowest BCUT2D eigenvalue weighted by Gasteiger charge is -2.43. The molecule has 1 aliphatic carbocycles. The van der Waals surface area contributed by atoms with E-state index in [2.05, 4.69) is 17.2 Å². The van der Waals surface area contributed by atoms with Crippen molar-refractivity contribution in [2.75, 3.05) is 5.73 Å². The lowest BCUT2D eigenvalue weighted by molar-refractivity contribution is 0.00578. The molecule has 0 spiro atoms. The molecular weight excluding hydrogens is 305 g/mol. The Hall–Kier alpha value is -2.03. The smallest absolute Gasteiger partial charge is 0.399 e. The predicted octanol–water partition coefficient (Wildman–Crippen LogP) is 1.31. The molecule has 2 N–H and O–H groups in total. The van der Waals surface area contributed by atoms with Crippen LogP contribution in [0.5, 0.6) is 0 Å². The van der Waals surface area contributed by atoms with Crippen LogP contribution in [0.25, 0.3) is 0 Å². The Morgan fingerprint density at radius 3 is 2.38 bits per heavy atom. The van der Waals surface area contributed by atoms with Crippen molar-refractivity contribution in [3.8, 4) is 12.1 Å². The van der Waals surface area contributed by atoms with E-state index in [9.17, 15) is 0 Å². The van der Waals surface area contributed by atoms with E-state index in [-0.39, 0.29) is 5.92 Å². The van der Waals surface area contributed by atoms with Gasteiger partial charge >= 0.3 is 7.12 Å². The van der Waals surface area contributed by atoms with Crippen LogP contribution < -0.4 is 11.2 Å². The molecule has 0 aromatic carbocycles. The van der Waals surface area contributed by atoms with E-state index < -0.39 is 23.9 Å². The van der Waals surface area contributed by atoms with Gasteiger partial charge in [-0.1, -0.05) is 0 Å². The molecule has 7 nitrogen and oxygen atoms in total. The maximum Gasteiger partial charge on any atom is 0.500 e. The fourth-order valence-corrected chi connectivity index (χ4v) is 3.30. The number of hydrogen-bond donors (Lipinski definition) is 1. The van der Waals surface area contributed by atoms with Crippen molar-refractivity contribution in [1.29, 1.82) is 10.5 Å². The third kappa shape index (κ3) is 2.38. The summed E-state index contributed by atoms with van der Waals surface area (Å²) < 4.78 is 13.8. The lowest BCUT2D eigenvalue weighted by atomic mass is 9.67. The average Bonchev–Trinajstić information content (AvgIpc) is 2.92. The second-order valence-corrected chi connectivity index (χ2v) is 7.80. The molecule has 0 bridgehead atoms. The van der Waals surface area contributed by atoms with Gasteiger partial charge in [-0.3, -0.25) is 4.68 Å². The Morgan fingerprint density at radius 1 is 1.29 bits per heavy atom. The van der Waals surface area contributed by atoms with Crippen molar-refractivity contribution in [2.24, 2.45) is 5.92 Å². The van der Waals surface area contributed by atoms with Gasteiger partial charge in [-0.2, -0.15) is 15.6 Å². The summed E-state index contributed by atoms with van der Waals surface area (Å²) in [5.74, 6) is 0.301. The highest BCUT2D eigenvalue weighted by molar-refractivity contribution is 6.63. The molecule has 24 heavy (non-hydrogen) atoms. The molecule has 3 rings (SSSR count). The van der Waals surface area contributed by atoms with Gasteiger partial charge < -0.3 is 15.0 Å². The summed E-state index contributed by atoms with van der Waals surface area (Å²) >= 11 is 0. The summed E-state index contributed by atoms with van der Waals surface area (Å²) in [5, 5.41) is 22.6. The van der Waals surface area contributed by atoms with Crippen molar-refractivity contribution < 1.29 is 9.31 Å². The number of nitrogens with zero attached hydrogens (tertiary/aromatic N) is 4. The molecule has 0 radical (unpaired) electrons. The van der Waals surface area contributed by atoms with Crippen LogP contribution in [0.1, 0.15) is 47.0 Å². The summed E-state index contributed by atoms with van der Waals surface area (Å²) in [7, 11) is -0.588. The number of anilines is 1. The van der Waals surface area contributed by atoms with Gasteiger partial charge in [0.15, 0.2) is 0 Å². The molecule has 0 unspecified atom stereocenters.